The summed E-state index contributed by atoms with van der Waals surface area (Å²) in [6, 6.07) is 13.4. The quantitative estimate of drug-likeness (QED) is 0.473. The standard InChI is InChI=1S/C22H24ClN3O/c1-4-5-6-17-7-9-19(10-8-17)26-22(27)18(13-24)14-25-21-16(3)11-15(2)12-20(21)23/h7-12,14,25H,4-6H2,1-3H3,(H,26,27)/b18-14-. The molecule has 0 radical (unpaired) electrons. The van der Waals surface area contributed by atoms with Crippen LogP contribution in [0.2, 0.25) is 5.02 Å². The van der Waals surface area contributed by atoms with Gasteiger partial charge in [-0.25, -0.2) is 0 Å². The van der Waals surface area contributed by atoms with Crippen molar-refractivity contribution in [1.82, 2.24) is 0 Å². The zero-order valence-electron chi connectivity index (χ0n) is 15.9. The number of carbonyl (C=O) groups excluding carboxylic acids is 1. The Morgan fingerprint density at radius 2 is 1.93 bits per heavy atom. The monoisotopic (exact) mass is 381 g/mol. The van der Waals surface area contributed by atoms with Crippen molar-refractivity contribution in [2.75, 3.05) is 10.6 Å². The maximum Gasteiger partial charge on any atom is 0.267 e. The van der Waals surface area contributed by atoms with Crippen molar-refractivity contribution < 1.29 is 4.79 Å². The summed E-state index contributed by atoms with van der Waals surface area (Å²) >= 11 is 6.25. The first kappa shape index (κ1) is 20.5. The van der Waals surface area contributed by atoms with Crippen molar-refractivity contribution in [3.8, 4) is 6.07 Å². The first-order valence-electron chi connectivity index (χ1n) is 8.98. The SMILES string of the molecule is CCCCc1ccc(NC(=O)/C(C#N)=C\Nc2c(C)cc(C)cc2Cl)cc1. The number of halogens is 1. The normalized spacial score (nSPS) is 11.0. The fourth-order valence-corrected chi connectivity index (χ4v) is 3.10. The van der Waals surface area contributed by atoms with E-state index in [0.29, 0.717) is 16.4 Å². The molecule has 4 nitrogen and oxygen atoms in total. The number of nitriles is 1. The molecule has 1 amide bonds. The van der Waals surface area contributed by atoms with Crippen LogP contribution in [0.4, 0.5) is 11.4 Å². The molecule has 2 aromatic rings. The number of amides is 1. The van der Waals surface area contributed by atoms with Gasteiger partial charge in [-0.05, 0) is 61.6 Å². The van der Waals surface area contributed by atoms with Gasteiger partial charge in [-0.15, -0.1) is 0 Å². The molecule has 0 spiro atoms. The van der Waals surface area contributed by atoms with Crippen molar-refractivity contribution in [3.05, 3.63) is 69.9 Å². The topological polar surface area (TPSA) is 64.9 Å². The summed E-state index contributed by atoms with van der Waals surface area (Å²) in [5.41, 5.74) is 4.54. The lowest BCUT2D eigenvalue weighted by Crippen LogP contribution is -2.14. The molecule has 0 aliphatic carbocycles. The van der Waals surface area contributed by atoms with Gasteiger partial charge in [0.15, 0.2) is 0 Å². The summed E-state index contributed by atoms with van der Waals surface area (Å²) in [5.74, 6) is -0.466. The molecule has 0 bridgehead atoms. The molecule has 27 heavy (non-hydrogen) atoms. The average Bonchev–Trinajstić information content (AvgIpc) is 2.63. The number of hydrogen-bond donors (Lipinski definition) is 2. The van der Waals surface area contributed by atoms with E-state index in [2.05, 4.69) is 17.6 Å². The molecule has 0 atom stereocenters. The lowest BCUT2D eigenvalue weighted by molar-refractivity contribution is -0.112. The van der Waals surface area contributed by atoms with E-state index in [1.165, 1.54) is 11.8 Å². The largest absolute Gasteiger partial charge is 0.359 e. The number of aryl methyl sites for hydroxylation is 3. The van der Waals surface area contributed by atoms with Gasteiger partial charge in [0, 0.05) is 11.9 Å². The third-order valence-corrected chi connectivity index (χ3v) is 4.49. The van der Waals surface area contributed by atoms with E-state index >= 15 is 0 Å². The number of benzene rings is 2. The Balaban J connectivity index is 2.07. The van der Waals surface area contributed by atoms with E-state index in [0.717, 1.165) is 30.4 Å². The van der Waals surface area contributed by atoms with Gasteiger partial charge in [-0.1, -0.05) is 43.1 Å². The molecule has 0 heterocycles. The number of anilines is 2. The third-order valence-electron chi connectivity index (χ3n) is 4.19. The molecule has 2 rings (SSSR count). The van der Waals surface area contributed by atoms with Crippen LogP contribution in [0.3, 0.4) is 0 Å². The fourth-order valence-electron chi connectivity index (χ4n) is 2.73. The zero-order valence-corrected chi connectivity index (χ0v) is 16.7. The van der Waals surface area contributed by atoms with Crippen LogP contribution >= 0.6 is 11.6 Å². The molecule has 0 saturated heterocycles. The van der Waals surface area contributed by atoms with Crippen LogP contribution in [0.25, 0.3) is 0 Å². The second-order valence-electron chi connectivity index (χ2n) is 6.51. The van der Waals surface area contributed by atoms with Crippen molar-refractivity contribution in [2.45, 2.75) is 40.0 Å². The smallest absolute Gasteiger partial charge is 0.267 e. The van der Waals surface area contributed by atoms with Crippen LogP contribution in [0.15, 0.2) is 48.2 Å². The molecule has 0 aliphatic rings. The van der Waals surface area contributed by atoms with Crippen LogP contribution in [0.5, 0.6) is 0 Å². The predicted octanol–water partition coefficient (Wildman–Crippen LogP) is 5.76. The molecule has 2 aromatic carbocycles. The summed E-state index contributed by atoms with van der Waals surface area (Å²) in [5, 5.41) is 15.6. The zero-order chi connectivity index (χ0) is 19.8. The van der Waals surface area contributed by atoms with E-state index in [4.69, 9.17) is 11.6 Å². The van der Waals surface area contributed by atoms with Gasteiger partial charge in [0.05, 0.1) is 10.7 Å². The number of carbonyl (C=O) groups is 1. The highest BCUT2D eigenvalue weighted by Gasteiger charge is 2.11. The van der Waals surface area contributed by atoms with Crippen LogP contribution in [0.1, 0.15) is 36.5 Å². The van der Waals surface area contributed by atoms with Crippen LogP contribution < -0.4 is 10.6 Å². The third kappa shape index (κ3) is 5.87. The summed E-state index contributed by atoms with van der Waals surface area (Å²) in [4.78, 5) is 12.4. The van der Waals surface area contributed by atoms with Gasteiger partial charge in [-0.3, -0.25) is 4.79 Å². The van der Waals surface area contributed by atoms with Crippen molar-refractivity contribution >= 4 is 28.9 Å². The molecule has 2 N–H and O–H groups in total. The molecule has 0 aromatic heterocycles. The lowest BCUT2D eigenvalue weighted by atomic mass is 10.1. The Hall–Kier alpha value is -2.77. The number of unbranched alkanes of at least 4 members (excludes halogenated alkanes) is 1. The van der Waals surface area contributed by atoms with E-state index in [9.17, 15) is 10.1 Å². The van der Waals surface area contributed by atoms with Crippen LogP contribution in [-0.4, -0.2) is 5.91 Å². The molecule has 0 aliphatic heterocycles. The number of nitrogens with one attached hydrogen (secondary N) is 2. The second-order valence-corrected chi connectivity index (χ2v) is 6.91. The molecular weight excluding hydrogens is 358 g/mol. The minimum atomic E-state index is -0.466. The highest BCUT2D eigenvalue weighted by molar-refractivity contribution is 6.33. The minimum absolute atomic E-state index is 0.0268. The van der Waals surface area contributed by atoms with Gasteiger partial charge in [0.25, 0.3) is 5.91 Å². The molecule has 0 fully saturated rings. The number of hydrogen-bond acceptors (Lipinski definition) is 3. The Morgan fingerprint density at radius 3 is 2.52 bits per heavy atom. The lowest BCUT2D eigenvalue weighted by Gasteiger charge is -2.10. The van der Waals surface area contributed by atoms with Gasteiger partial charge in [0.1, 0.15) is 11.6 Å². The first-order valence-corrected chi connectivity index (χ1v) is 9.36. The van der Waals surface area contributed by atoms with Crippen LogP contribution in [-0.2, 0) is 11.2 Å². The molecule has 0 unspecified atom stereocenters. The van der Waals surface area contributed by atoms with E-state index in [-0.39, 0.29) is 5.57 Å². The average molecular weight is 382 g/mol. The maximum absolute atomic E-state index is 12.4. The highest BCUT2D eigenvalue weighted by atomic mass is 35.5. The highest BCUT2D eigenvalue weighted by Crippen LogP contribution is 2.27. The second kappa shape index (κ2) is 9.80. The van der Waals surface area contributed by atoms with E-state index < -0.39 is 5.91 Å². The number of nitrogens with zero attached hydrogens (tertiary/aromatic N) is 1. The number of rotatable bonds is 7. The molecule has 0 saturated carbocycles. The van der Waals surface area contributed by atoms with Crippen molar-refractivity contribution in [2.24, 2.45) is 0 Å². The van der Waals surface area contributed by atoms with Gasteiger partial charge in [-0.2, -0.15) is 5.26 Å². The fraction of sp³-hybridized carbons (Fsp3) is 0.273. The summed E-state index contributed by atoms with van der Waals surface area (Å²) < 4.78 is 0. The summed E-state index contributed by atoms with van der Waals surface area (Å²) in [6.45, 7) is 6.03. The maximum atomic E-state index is 12.4. The van der Waals surface area contributed by atoms with Crippen molar-refractivity contribution in [1.29, 1.82) is 5.26 Å². The summed E-state index contributed by atoms with van der Waals surface area (Å²) in [7, 11) is 0. The Labute approximate surface area is 165 Å². The molecule has 5 heteroatoms. The van der Waals surface area contributed by atoms with Gasteiger partial charge < -0.3 is 10.6 Å². The molecule has 140 valence electrons. The molecular formula is C22H24ClN3O. The Morgan fingerprint density at radius 1 is 1.22 bits per heavy atom. The van der Waals surface area contributed by atoms with Crippen molar-refractivity contribution in [3.63, 3.8) is 0 Å². The Bertz CT molecular complexity index is 856. The van der Waals surface area contributed by atoms with Gasteiger partial charge >= 0.3 is 0 Å². The Kier molecular flexibility index (Phi) is 7.45. The van der Waals surface area contributed by atoms with E-state index in [1.807, 2.05) is 56.3 Å². The predicted molar refractivity (Wildman–Crippen MR) is 112 cm³/mol. The van der Waals surface area contributed by atoms with Crippen LogP contribution in [0, 0.1) is 25.2 Å². The van der Waals surface area contributed by atoms with Gasteiger partial charge in [0.2, 0.25) is 0 Å². The minimum Gasteiger partial charge on any atom is -0.359 e. The first-order chi connectivity index (χ1) is 12.9. The summed E-state index contributed by atoms with van der Waals surface area (Å²) in [6.07, 6.45) is 4.69. The van der Waals surface area contributed by atoms with E-state index in [1.54, 1.807) is 0 Å².